The molecule has 2 aromatic carbocycles. The molecule has 3 aromatic rings. The highest BCUT2D eigenvalue weighted by molar-refractivity contribution is 6.02. The SMILES string of the molecule is COC(=O)c1cc(F)c(-c2ccc3c(c2)ncn3C2CCCCC2)c(N)c1N. The lowest BCUT2D eigenvalue weighted by molar-refractivity contribution is 0.0601. The van der Waals surface area contributed by atoms with Crippen LogP contribution in [0.15, 0.2) is 30.6 Å². The minimum atomic E-state index is -0.726. The molecule has 1 aliphatic carbocycles. The number of carbonyl (C=O) groups excluding carboxylic acids is 1. The number of fused-ring (bicyclic) bond motifs is 1. The fourth-order valence-corrected chi connectivity index (χ4v) is 4.09. The lowest BCUT2D eigenvalue weighted by Crippen LogP contribution is -2.11. The van der Waals surface area contributed by atoms with Crippen molar-refractivity contribution in [2.75, 3.05) is 18.6 Å². The minimum Gasteiger partial charge on any atom is -0.465 e. The molecule has 4 N–H and O–H groups in total. The van der Waals surface area contributed by atoms with Crippen LogP contribution in [0.1, 0.15) is 48.5 Å². The fraction of sp³-hybridized carbons (Fsp3) is 0.333. The number of hydrogen-bond acceptors (Lipinski definition) is 5. The molecule has 0 aliphatic heterocycles. The molecular weight excluding hydrogens is 359 g/mol. The van der Waals surface area contributed by atoms with E-state index in [1.165, 1.54) is 26.4 Å². The molecule has 7 heteroatoms. The maximum absolute atomic E-state index is 14.8. The average molecular weight is 382 g/mol. The van der Waals surface area contributed by atoms with Gasteiger partial charge in [0, 0.05) is 11.6 Å². The van der Waals surface area contributed by atoms with Gasteiger partial charge in [0.1, 0.15) is 5.82 Å². The van der Waals surface area contributed by atoms with E-state index in [1.807, 2.05) is 18.5 Å². The van der Waals surface area contributed by atoms with Gasteiger partial charge in [-0.25, -0.2) is 14.2 Å². The van der Waals surface area contributed by atoms with E-state index >= 15 is 0 Å². The first-order valence-electron chi connectivity index (χ1n) is 9.44. The van der Waals surface area contributed by atoms with Gasteiger partial charge in [-0.15, -0.1) is 0 Å². The summed E-state index contributed by atoms with van der Waals surface area (Å²) in [5, 5.41) is 0. The molecule has 0 bridgehead atoms. The van der Waals surface area contributed by atoms with E-state index in [1.54, 1.807) is 6.07 Å². The topological polar surface area (TPSA) is 96.2 Å². The Morgan fingerprint density at radius 1 is 1.18 bits per heavy atom. The first-order valence-corrected chi connectivity index (χ1v) is 9.44. The molecule has 0 amide bonds. The van der Waals surface area contributed by atoms with Crippen LogP contribution >= 0.6 is 0 Å². The number of halogens is 1. The van der Waals surface area contributed by atoms with E-state index in [0.29, 0.717) is 11.6 Å². The van der Waals surface area contributed by atoms with E-state index in [9.17, 15) is 9.18 Å². The molecule has 0 atom stereocenters. The Bertz CT molecular complexity index is 1050. The van der Waals surface area contributed by atoms with Crippen LogP contribution in [0, 0.1) is 5.82 Å². The molecule has 146 valence electrons. The van der Waals surface area contributed by atoms with Crippen LogP contribution in [0.3, 0.4) is 0 Å². The van der Waals surface area contributed by atoms with E-state index in [-0.39, 0.29) is 22.5 Å². The summed E-state index contributed by atoms with van der Waals surface area (Å²) in [6, 6.07) is 7.09. The van der Waals surface area contributed by atoms with Crippen LogP contribution in [0.5, 0.6) is 0 Å². The predicted octanol–water partition coefficient (Wildman–Crippen LogP) is 4.30. The van der Waals surface area contributed by atoms with Crippen molar-refractivity contribution in [2.24, 2.45) is 0 Å². The number of benzene rings is 2. The molecule has 0 unspecified atom stereocenters. The van der Waals surface area contributed by atoms with Gasteiger partial charge in [-0.2, -0.15) is 0 Å². The highest BCUT2D eigenvalue weighted by atomic mass is 19.1. The van der Waals surface area contributed by atoms with E-state index in [0.717, 1.165) is 29.9 Å². The number of hydrogen-bond donors (Lipinski definition) is 2. The van der Waals surface area contributed by atoms with E-state index in [4.69, 9.17) is 11.5 Å². The molecule has 1 aromatic heterocycles. The maximum atomic E-state index is 14.8. The number of aromatic nitrogens is 2. The lowest BCUT2D eigenvalue weighted by atomic mass is 9.95. The summed E-state index contributed by atoms with van der Waals surface area (Å²) in [5.74, 6) is -1.35. The molecule has 1 saturated carbocycles. The average Bonchev–Trinajstić information content (AvgIpc) is 3.14. The number of carbonyl (C=O) groups is 1. The van der Waals surface area contributed by atoms with Gasteiger partial charge in [-0.1, -0.05) is 25.3 Å². The molecule has 0 saturated heterocycles. The standard InChI is InChI=1S/C21H23FN4O2/c1-28-21(27)14-10-15(22)18(20(24)19(14)23)12-7-8-17-16(9-12)25-11-26(17)13-5-3-2-4-6-13/h7-11,13H,2-6,23-24H2,1H3. The smallest absolute Gasteiger partial charge is 0.340 e. The zero-order chi connectivity index (χ0) is 19.8. The Hall–Kier alpha value is -3.09. The van der Waals surface area contributed by atoms with Gasteiger partial charge in [0.05, 0.1) is 41.4 Å². The Kier molecular flexibility index (Phi) is 4.66. The van der Waals surface area contributed by atoms with Gasteiger partial charge in [0.25, 0.3) is 0 Å². The van der Waals surface area contributed by atoms with Crippen LogP contribution in [0.25, 0.3) is 22.2 Å². The third-order valence-corrected chi connectivity index (χ3v) is 5.60. The molecule has 6 nitrogen and oxygen atoms in total. The van der Waals surface area contributed by atoms with Crippen molar-refractivity contribution in [1.29, 1.82) is 0 Å². The van der Waals surface area contributed by atoms with Gasteiger partial charge < -0.3 is 20.8 Å². The predicted molar refractivity (Wildman–Crippen MR) is 107 cm³/mol. The Balaban J connectivity index is 1.78. The van der Waals surface area contributed by atoms with Crippen molar-refractivity contribution < 1.29 is 13.9 Å². The molecular formula is C21H23FN4O2. The molecule has 1 fully saturated rings. The third-order valence-electron chi connectivity index (χ3n) is 5.60. The molecule has 0 spiro atoms. The molecule has 0 radical (unpaired) electrons. The number of methoxy groups -OCH3 is 1. The van der Waals surface area contributed by atoms with Gasteiger partial charge in [0.2, 0.25) is 0 Å². The summed E-state index contributed by atoms with van der Waals surface area (Å²) in [6.07, 6.45) is 7.92. The Morgan fingerprint density at radius 2 is 1.93 bits per heavy atom. The summed E-state index contributed by atoms with van der Waals surface area (Å²) in [7, 11) is 1.21. The highest BCUT2D eigenvalue weighted by Gasteiger charge is 2.22. The summed E-state index contributed by atoms with van der Waals surface area (Å²) in [6.45, 7) is 0. The van der Waals surface area contributed by atoms with Crippen molar-refractivity contribution in [2.45, 2.75) is 38.1 Å². The number of esters is 1. The quantitative estimate of drug-likeness (QED) is 0.520. The van der Waals surface area contributed by atoms with Crippen molar-refractivity contribution >= 4 is 28.4 Å². The van der Waals surface area contributed by atoms with Gasteiger partial charge in [-0.3, -0.25) is 0 Å². The maximum Gasteiger partial charge on any atom is 0.340 e. The van der Waals surface area contributed by atoms with Crippen molar-refractivity contribution in [3.05, 3.63) is 42.0 Å². The van der Waals surface area contributed by atoms with Gasteiger partial charge in [-0.05, 0) is 36.6 Å². The Labute approximate surface area is 162 Å². The molecule has 28 heavy (non-hydrogen) atoms. The van der Waals surface area contributed by atoms with Crippen LogP contribution in [0.4, 0.5) is 15.8 Å². The highest BCUT2D eigenvalue weighted by Crippen LogP contribution is 2.37. The molecule has 1 heterocycles. The van der Waals surface area contributed by atoms with Crippen LogP contribution in [-0.4, -0.2) is 22.6 Å². The first-order chi connectivity index (χ1) is 13.5. The second-order valence-electron chi connectivity index (χ2n) is 7.25. The normalized spacial score (nSPS) is 15.1. The van der Waals surface area contributed by atoms with E-state index < -0.39 is 11.8 Å². The van der Waals surface area contributed by atoms with Crippen LogP contribution < -0.4 is 11.5 Å². The summed E-state index contributed by atoms with van der Waals surface area (Å²) in [5.41, 5.74) is 14.5. The Morgan fingerprint density at radius 3 is 2.64 bits per heavy atom. The lowest BCUT2D eigenvalue weighted by Gasteiger charge is -2.23. The minimum absolute atomic E-state index is 0.0103. The fourth-order valence-electron chi connectivity index (χ4n) is 4.09. The number of nitrogens with zero attached hydrogens (tertiary/aromatic N) is 2. The number of anilines is 2. The zero-order valence-corrected chi connectivity index (χ0v) is 15.7. The largest absolute Gasteiger partial charge is 0.465 e. The number of ether oxygens (including phenoxy) is 1. The number of nitrogen functional groups attached to an aromatic ring is 2. The number of rotatable bonds is 3. The van der Waals surface area contributed by atoms with E-state index in [2.05, 4.69) is 14.3 Å². The zero-order valence-electron chi connectivity index (χ0n) is 15.7. The third kappa shape index (κ3) is 2.96. The van der Waals surface area contributed by atoms with Crippen molar-refractivity contribution in [3.8, 4) is 11.1 Å². The van der Waals surface area contributed by atoms with Crippen molar-refractivity contribution in [1.82, 2.24) is 9.55 Å². The second-order valence-corrected chi connectivity index (χ2v) is 7.25. The van der Waals surface area contributed by atoms with Gasteiger partial charge in [0.15, 0.2) is 0 Å². The second kappa shape index (κ2) is 7.14. The van der Waals surface area contributed by atoms with Gasteiger partial charge >= 0.3 is 5.97 Å². The monoisotopic (exact) mass is 382 g/mol. The summed E-state index contributed by atoms with van der Waals surface area (Å²) < 4.78 is 21.7. The van der Waals surface area contributed by atoms with Crippen LogP contribution in [0.2, 0.25) is 0 Å². The molecule has 1 aliphatic rings. The number of nitrogens with two attached hydrogens (primary N) is 2. The number of imidazole rings is 1. The summed E-state index contributed by atoms with van der Waals surface area (Å²) in [4.78, 5) is 16.3. The molecule has 4 rings (SSSR count). The van der Waals surface area contributed by atoms with Crippen LogP contribution in [-0.2, 0) is 4.74 Å². The first kappa shape index (κ1) is 18.3. The van der Waals surface area contributed by atoms with Crippen molar-refractivity contribution in [3.63, 3.8) is 0 Å². The summed E-state index contributed by atoms with van der Waals surface area (Å²) >= 11 is 0.